The molecule has 1 atom stereocenters. The van der Waals surface area contributed by atoms with Gasteiger partial charge in [-0.25, -0.2) is 0 Å². The monoisotopic (exact) mass is 320 g/mol. The molecule has 0 aliphatic rings. The van der Waals surface area contributed by atoms with Gasteiger partial charge in [-0.3, -0.25) is 4.57 Å². The van der Waals surface area contributed by atoms with Crippen LogP contribution in [0.3, 0.4) is 0 Å². The van der Waals surface area contributed by atoms with Gasteiger partial charge < -0.3 is 30.4 Å². The lowest BCUT2D eigenvalue weighted by Crippen LogP contribution is -2.12. The maximum absolute atomic E-state index is 11.5. The van der Waals surface area contributed by atoms with E-state index in [0.29, 0.717) is 5.56 Å². The van der Waals surface area contributed by atoms with Crippen LogP contribution in [0.5, 0.6) is 5.88 Å². The van der Waals surface area contributed by atoms with Gasteiger partial charge in [0.05, 0.1) is 18.3 Å². The zero-order valence-corrected chi connectivity index (χ0v) is 13.2. The molecule has 0 fully saturated rings. The quantitative estimate of drug-likeness (QED) is 0.470. The van der Waals surface area contributed by atoms with E-state index in [1.165, 1.54) is 0 Å². The van der Waals surface area contributed by atoms with Crippen LogP contribution in [0.15, 0.2) is 0 Å². The second kappa shape index (κ2) is 7.56. The largest absolute Gasteiger partial charge is 0.475 e. The molecule has 21 heavy (non-hydrogen) atoms. The second-order valence-electron chi connectivity index (χ2n) is 4.57. The summed E-state index contributed by atoms with van der Waals surface area (Å²) in [6.07, 6.45) is -0.753. The third-order valence-corrected chi connectivity index (χ3v) is 3.51. The van der Waals surface area contributed by atoms with E-state index in [9.17, 15) is 9.46 Å². The maximum Gasteiger partial charge on any atom is 0.353 e. The van der Waals surface area contributed by atoms with Crippen molar-refractivity contribution in [1.29, 1.82) is 0 Å². The Balaban J connectivity index is 2.37. The number of nitrogens with two attached hydrogens (primary N) is 2. The first kappa shape index (κ1) is 17.6. The van der Waals surface area contributed by atoms with Crippen molar-refractivity contribution in [3.63, 3.8) is 0 Å². The van der Waals surface area contributed by atoms with Crippen LogP contribution in [0.2, 0.25) is 0 Å². The Morgan fingerprint density at radius 3 is 2.57 bits per heavy atom. The topological polar surface area (TPSA) is 143 Å². The molecule has 1 unspecified atom stereocenters. The minimum atomic E-state index is -3.73. The Morgan fingerprint density at radius 1 is 1.29 bits per heavy atom. The molecule has 0 amide bonds. The normalized spacial score (nSPS) is 14.1. The minimum absolute atomic E-state index is 0.0132. The van der Waals surface area contributed by atoms with Crippen LogP contribution in [0.4, 0.5) is 11.8 Å². The fourth-order valence-electron chi connectivity index (χ4n) is 1.41. The maximum atomic E-state index is 11.5. The molecule has 0 aliphatic carbocycles. The Hall–Kier alpha value is -1.41. The van der Waals surface area contributed by atoms with Gasteiger partial charge in [0.1, 0.15) is 18.8 Å². The summed E-state index contributed by atoms with van der Waals surface area (Å²) in [5, 5.41) is 0. The van der Waals surface area contributed by atoms with E-state index in [0.717, 1.165) is 0 Å². The zero-order valence-electron chi connectivity index (χ0n) is 12.3. The van der Waals surface area contributed by atoms with Crippen LogP contribution in [-0.4, -0.2) is 40.5 Å². The average molecular weight is 320 g/mol. The molecule has 1 aromatic heterocycles. The molecule has 0 saturated carbocycles. The highest BCUT2D eigenvalue weighted by Gasteiger charge is 2.21. The van der Waals surface area contributed by atoms with Crippen LogP contribution in [0.25, 0.3) is 0 Å². The number of hydrogen-bond donors (Lipinski definition) is 3. The lowest BCUT2D eigenvalue weighted by Gasteiger charge is -2.15. The van der Waals surface area contributed by atoms with Crippen molar-refractivity contribution >= 4 is 19.4 Å². The van der Waals surface area contributed by atoms with Crippen molar-refractivity contribution in [3.05, 3.63) is 5.56 Å². The summed E-state index contributed by atoms with van der Waals surface area (Å²) in [5.74, 6) is 0.511. The van der Waals surface area contributed by atoms with Gasteiger partial charge >= 0.3 is 7.60 Å². The Kier molecular flexibility index (Phi) is 6.35. The third-order valence-electron chi connectivity index (χ3n) is 2.25. The Bertz CT molecular complexity index is 526. The molecular weight excluding hydrogens is 299 g/mol. The number of aromatic nitrogens is 2. The molecule has 1 rings (SSSR count). The highest BCUT2D eigenvalue weighted by Crippen LogP contribution is 2.42. The molecule has 0 bridgehead atoms. The molecule has 120 valence electrons. The SMILES string of the molecule is Cc1c(N)nc(N)nc1OCCOCP(=O)(O)OC(C)C. The van der Waals surface area contributed by atoms with Crippen LogP contribution in [0.1, 0.15) is 19.4 Å². The lowest BCUT2D eigenvalue weighted by atomic mass is 10.3. The molecule has 10 heteroatoms. The van der Waals surface area contributed by atoms with E-state index in [2.05, 4.69) is 9.97 Å². The van der Waals surface area contributed by atoms with E-state index in [1.54, 1.807) is 20.8 Å². The van der Waals surface area contributed by atoms with Crippen molar-refractivity contribution in [2.75, 3.05) is 31.0 Å². The Labute approximate surface area is 123 Å². The van der Waals surface area contributed by atoms with Gasteiger partial charge in [0, 0.05) is 0 Å². The average Bonchev–Trinajstić information content (AvgIpc) is 2.32. The van der Waals surface area contributed by atoms with Crippen molar-refractivity contribution < 1.29 is 23.5 Å². The summed E-state index contributed by atoms with van der Waals surface area (Å²) in [6.45, 7) is 5.24. The predicted molar refractivity (Wildman–Crippen MR) is 78.0 cm³/mol. The second-order valence-corrected chi connectivity index (χ2v) is 6.32. The van der Waals surface area contributed by atoms with Gasteiger partial charge in [0.15, 0.2) is 0 Å². The first-order chi connectivity index (χ1) is 9.71. The van der Waals surface area contributed by atoms with Crippen LogP contribution in [-0.2, 0) is 13.8 Å². The van der Waals surface area contributed by atoms with Gasteiger partial charge in [0.2, 0.25) is 11.8 Å². The minimum Gasteiger partial charge on any atom is -0.475 e. The molecule has 0 radical (unpaired) electrons. The van der Waals surface area contributed by atoms with Gasteiger partial charge in [-0.05, 0) is 20.8 Å². The van der Waals surface area contributed by atoms with Crippen molar-refractivity contribution in [2.24, 2.45) is 0 Å². The van der Waals surface area contributed by atoms with Gasteiger partial charge in [0.25, 0.3) is 0 Å². The fraction of sp³-hybridized carbons (Fsp3) is 0.636. The van der Waals surface area contributed by atoms with Crippen molar-refractivity contribution in [2.45, 2.75) is 26.9 Å². The highest BCUT2D eigenvalue weighted by atomic mass is 31.2. The predicted octanol–water partition coefficient (Wildman–Crippen LogP) is 0.913. The molecular formula is C11H21N4O5P. The van der Waals surface area contributed by atoms with Crippen LogP contribution < -0.4 is 16.2 Å². The van der Waals surface area contributed by atoms with Crippen molar-refractivity contribution in [1.82, 2.24) is 9.97 Å². The van der Waals surface area contributed by atoms with Crippen LogP contribution in [0, 0.1) is 6.92 Å². The molecule has 1 aromatic rings. The Morgan fingerprint density at radius 2 is 1.95 bits per heavy atom. The number of nitrogens with zero attached hydrogens (tertiary/aromatic N) is 2. The van der Waals surface area contributed by atoms with E-state index in [-0.39, 0.29) is 37.0 Å². The fourth-order valence-corrected chi connectivity index (χ4v) is 2.49. The van der Waals surface area contributed by atoms with Gasteiger partial charge in [-0.15, -0.1) is 0 Å². The first-order valence-electron chi connectivity index (χ1n) is 6.31. The highest BCUT2D eigenvalue weighted by molar-refractivity contribution is 7.52. The summed E-state index contributed by atoms with van der Waals surface area (Å²) >= 11 is 0. The number of anilines is 2. The summed E-state index contributed by atoms with van der Waals surface area (Å²) in [4.78, 5) is 17.1. The van der Waals surface area contributed by atoms with Gasteiger partial charge in [-0.1, -0.05) is 0 Å². The first-order valence-corrected chi connectivity index (χ1v) is 8.08. The third kappa shape index (κ3) is 6.26. The molecule has 9 nitrogen and oxygen atoms in total. The molecule has 1 heterocycles. The summed E-state index contributed by atoms with van der Waals surface area (Å²) < 4.78 is 26.8. The molecule has 0 saturated heterocycles. The summed E-state index contributed by atoms with van der Waals surface area (Å²) in [7, 11) is -3.73. The molecule has 0 aliphatic heterocycles. The van der Waals surface area contributed by atoms with Crippen LogP contribution >= 0.6 is 7.60 Å². The molecule has 0 spiro atoms. The standard InChI is InChI=1S/C11H21N4O5P/c1-7(2)20-21(16,17)6-18-4-5-19-10-8(3)9(12)14-11(13)15-10/h7H,4-6H2,1-3H3,(H,16,17)(H4,12,13,14,15). The van der Waals surface area contributed by atoms with E-state index >= 15 is 0 Å². The van der Waals surface area contributed by atoms with E-state index < -0.39 is 13.9 Å². The summed E-state index contributed by atoms with van der Waals surface area (Å²) in [5.41, 5.74) is 11.7. The zero-order chi connectivity index (χ0) is 16.0. The lowest BCUT2D eigenvalue weighted by molar-refractivity contribution is 0.105. The summed E-state index contributed by atoms with van der Waals surface area (Å²) in [6, 6.07) is 0. The molecule has 5 N–H and O–H groups in total. The smallest absolute Gasteiger partial charge is 0.353 e. The number of ether oxygens (including phenoxy) is 2. The van der Waals surface area contributed by atoms with Gasteiger partial charge in [-0.2, -0.15) is 9.97 Å². The molecule has 0 aromatic carbocycles. The number of rotatable bonds is 8. The number of nitrogen functional groups attached to an aromatic ring is 2. The van der Waals surface area contributed by atoms with E-state index in [4.69, 9.17) is 25.5 Å². The van der Waals surface area contributed by atoms with E-state index in [1.807, 2.05) is 0 Å². The number of hydrogen-bond acceptors (Lipinski definition) is 8. The van der Waals surface area contributed by atoms with Crippen molar-refractivity contribution in [3.8, 4) is 5.88 Å².